The third-order valence-electron chi connectivity index (χ3n) is 4.02. The van der Waals surface area contributed by atoms with Gasteiger partial charge < -0.3 is 10.6 Å². The number of hydrogen-bond acceptors (Lipinski definition) is 2. The van der Waals surface area contributed by atoms with E-state index in [-0.39, 0.29) is 24.4 Å². The second-order valence-electron chi connectivity index (χ2n) is 5.87. The van der Waals surface area contributed by atoms with Gasteiger partial charge in [0.25, 0.3) is 0 Å². The van der Waals surface area contributed by atoms with E-state index in [4.69, 9.17) is 5.73 Å². The van der Waals surface area contributed by atoms with Gasteiger partial charge in [-0.2, -0.15) is 0 Å². The molecule has 3 atom stereocenters. The van der Waals surface area contributed by atoms with Crippen molar-refractivity contribution in [3.63, 3.8) is 0 Å². The predicted molar refractivity (Wildman–Crippen MR) is 85.2 cm³/mol. The number of carbonyl (C=O) groups is 1. The fourth-order valence-electron chi connectivity index (χ4n) is 3.04. The van der Waals surface area contributed by atoms with E-state index in [1.54, 1.807) is 0 Å². The predicted octanol–water partition coefficient (Wildman–Crippen LogP) is 2.86. The summed E-state index contributed by atoms with van der Waals surface area (Å²) in [5, 5.41) is 0. The fourth-order valence-corrected chi connectivity index (χ4v) is 3.04. The van der Waals surface area contributed by atoms with Gasteiger partial charge in [0.15, 0.2) is 0 Å². The maximum absolute atomic E-state index is 12.2. The van der Waals surface area contributed by atoms with Crippen molar-refractivity contribution < 1.29 is 4.79 Å². The molecule has 1 aliphatic rings. The zero-order valence-electron chi connectivity index (χ0n) is 12.5. The molecule has 20 heavy (non-hydrogen) atoms. The molecule has 0 aromatic heterocycles. The molecule has 0 aliphatic carbocycles. The van der Waals surface area contributed by atoms with Crippen molar-refractivity contribution in [3.8, 4) is 0 Å². The molecule has 1 aliphatic heterocycles. The molecule has 1 amide bonds. The molecule has 1 fully saturated rings. The summed E-state index contributed by atoms with van der Waals surface area (Å²) in [6.45, 7) is 7.00. The van der Waals surface area contributed by atoms with Gasteiger partial charge in [0.05, 0.1) is 0 Å². The van der Waals surface area contributed by atoms with Crippen LogP contribution in [0.25, 0.3) is 0 Å². The molecule has 3 unspecified atom stereocenters. The minimum absolute atomic E-state index is 0. The summed E-state index contributed by atoms with van der Waals surface area (Å²) in [4.78, 5) is 14.2. The Labute approximate surface area is 127 Å². The topological polar surface area (TPSA) is 46.3 Å². The Morgan fingerprint density at radius 1 is 1.45 bits per heavy atom. The van der Waals surface area contributed by atoms with Crippen molar-refractivity contribution in [2.75, 3.05) is 6.54 Å². The van der Waals surface area contributed by atoms with Crippen LogP contribution in [0, 0.1) is 6.92 Å². The van der Waals surface area contributed by atoms with Crippen molar-refractivity contribution in [2.45, 2.75) is 51.6 Å². The van der Waals surface area contributed by atoms with E-state index < -0.39 is 0 Å². The summed E-state index contributed by atoms with van der Waals surface area (Å²) in [5.74, 6) is 0.659. The molecule has 2 rings (SSSR count). The Bertz CT molecular complexity index is 462. The van der Waals surface area contributed by atoms with Crippen LogP contribution < -0.4 is 5.73 Å². The standard InChI is InChI=1S/C16H24N2O.ClH/c1-11-6-4-5-7-15(11)14-9-13(3)18(10-14)16(19)8-12(2)17;/h4-7,12-14H,8-10,17H2,1-3H3;1H. The Morgan fingerprint density at radius 3 is 2.70 bits per heavy atom. The van der Waals surface area contributed by atoms with E-state index in [0.29, 0.717) is 18.4 Å². The molecule has 3 nitrogen and oxygen atoms in total. The number of carbonyl (C=O) groups excluding carboxylic acids is 1. The van der Waals surface area contributed by atoms with Gasteiger partial charge in [-0.1, -0.05) is 24.3 Å². The van der Waals surface area contributed by atoms with Crippen LogP contribution in [0.2, 0.25) is 0 Å². The molecule has 1 saturated heterocycles. The first-order valence-corrected chi connectivity index (χ1v) is 7.09. The lowest BCUT2D eigenvalue weighted by atomic mass is 9.93. The summed E-state index contributed by atoms with van der Waals surface area (Å²) >= 11 is 0. The molecule has 1 heterocycles. The maximum Gasteiger partial charge on any atom is 0.224 e. The number of aryl methyl sites for hydroxylation is 1. The van der Waals surface area contributed by atoms with Crippen LogP contribution in [0.1, 0.15) is 43.7 Å². The summed E-state index contributed by atoms with van der Waals surface area (Å²) in [6, 6.07) is 8.74. The summed E-state index contributed by atoms with van der Waals surface area (Å²) in [6.07, 6.45) is 1.50. The highest BCUT2D eigenvalue weighted by molar-refractivity contribution is 5.85. The number of benzene rings is 1. The van der Waals surface area contributed by atoms with Gasteiger partial charge in [-0.05, 0) is 38.3 Å². The molecule has 0 bridgehead atoms. The van der Waals surface area contributed by atoms with Crippen LogP contribution >= 0.6 is 12.4 Å². The van der Waals surface area contributed by atoms with Crippen LogP contribution in [0.3, 0.4) is 0 Å². The van der Waals surface area contributed by atoms with Gasteiger partial charge in [0.2, 0.25) is 5.91 Å². The fraction of sp³-hybridized carbons (Fsp3) is 0.562. The van der Waals surface area contributed by atoms with Crippen molar-refractivity contribution in [3.05, 3.63) is 35.4 Å². The van der Waals surface area contributed by atoms with E-state index in [1.165, 1.54) is 11.1 Å². The zero-order valence-corrected chi connectivity index (χ0v) is 13.3. The third-order valence-corrected chi connectivity index (χ3v) is 4.02. The molecule has 0 saturated carbocycles. The Hall–Kier alpha value is -1.06. The average Bonchev–Trinajstić information content (AvgIpc) is 2.71. The van der Waals surface area contributed by atoms with Crippen molar-refractivity contribution >= 4 is 18.3 Å². The van der Waals surface area contributed by atoms with Crippen molar-refractivity contribution in [1.29, 1.82) is 0 Å². The van der Waals surface area contributed by atoms with Gasteiger partial charge in [0, 0.05) is 31.0 Å². The number of rotatable bonds is 3. The first-order valence-electron chi connectivity index (χ1n) is 7.09. The summed E-state index contributed by atoms with van der Waals surface area (Å²) in [5.41, 5.74) is 8.43. The Balaban J connectivity index is 0.00000200. The minimum atomic E-state index is -0.0581. The Morgan fingerprint density at radius 2 is 2.10 bits per heavy atom. The van der Waals surface area contributed by atoms with Gasteiger partial charge in [-0.25, -0.2) is 0 Å². The van der Waals surface area contributed by atoms with Gasteiger partial charge >= 0.3 is 0 Å². The monoisotopic (exact) mass is 296 g/mol. The minimum Gasteiger partial charge on any atom is -0.339 e. The van der Waals surface area contributed by atoms with Gasteiger partial charge in [0.1, 0.15) is 0 Å². The Kier molecular flexibility index (Phi) is 6.03. The molecule has 4 heteroatoms. The molecule has 1 aromatic carbocycles. The molecular weight excluding hydrogens is 272 g/mol. The smallest absolute Gasteiger partial charge is 0.224 e. The molecule has 0 spiro atoms. The number of nitrogens with zero attached hydrogens (tertiary/aromatic N) is 1. The van der Waals surface area contributed by atoms with Crippen LogP contribution in [0.5, 0.6) is 0 Å². The maximum atomic E-state index is 12.2. The lowest BCUT2D eigenvalue weighted by Gasteiger charge is -2.22. The van der Waals surface area contributed by atoms with Gasteiger partial charge in [-0.15, -0.1) is 12.4 Å². The average molecular weight is 297 g/mol. The molecule has 0 radical (unpaired) electrons. The largest absolute Gasteiger partial charge is 0.339 e. The van der Waals surface area contributed by atoms with Crippen LogP contribution in [0.4, 0.5) is 0 Å². The second kappa shape index (κ2) is 7.09. The lowest BCUT2D eigenvalue weighted by molar-refractivity contribution is -0.132. The van der Waals surface area contributed by atoms with Crippen molar-refractivity contribution in [2.24, 2.45) is 5.73 Å². The number of likely N-dealkylation sites (tertiary alicyclic amines) is 1. The van der Waals surface area contributed by atoms with Crippen molar-refractivity contribution in [1.82, 2.24) is 4.90 Å². The first kappa shape index (κ1) is 17.0. The number of nitrogens with two attached hydrogens (primary N) is 1. The van der Waals surface area contributed by atoms with E-state index in [0.717, 1.165) is 13.0 Å². The molecule has 112 valence electrons. The molecular formula is C16H25ClN2O. The highest BCUT2D eigenvalue weighted by Gasteiger charge is 2.33. The number of halogens is 1. The summed E-state index contributed by atoms with van der Waals surface area (Å²) in [7, 11) is 0. The molecule has 2 N–H and O–H groups in total. The molecule has 1 aromatic rings. The SMILES string of the molecule is Cc1ccccc1C1CC(C)N(C(=O)CC(C)N)C1.Cl. The summed E-state index contributed by atoms with van der Waals surface area (Å²) < 4.78 is 0. The van der Waals surface area contributed by atoms with E-state index in [1.807, 2.05) is 11.8 Å². The first-order chi connectivity index (χ1) is 8.99. The van der Waals surface area contributed by atoms with Crippen LogP contribution in [-0.2, 0) is 4.79 Å². The van der Waals surface area contributed by atoms with Crippen LogP contribution in [-0.4, -0.2) is 29.4 Å². The zero-order chi connectivity index (χ0) is 14.0. The normalized spacial score (nSPS) is 23.3. The highest BCUT2D eigenvalue weighted by Crippen LogP contribution is 2.33. The second-order valence-corrected chi connectivity index (χ2v) is 5.87. The quantitative estimate of drug-likeness (QED) is 0.932. The highest BCUT2D eigenvalue weighted by atomic mass is 35.5. The van der Waals surface area contributed by atoms with E-state index in [2.05, 4.69) is 38.1 Å². The number of hydrogen-bond donors (Lipinski definition) is 1. The lowest BCUT2D eigenvalue weighted by Crippen LogP contribution is -2.37. The third kappa shape index (κ3) is 3.74. The van der Waals surface area contributed by atoms with E-state index in [9.17, 15) is 4.79 Å². The van der Waals surface area contributed by atoms with Gasteiger partial charge in [-0.3, -0.25) is 4.79 Å². The number of amides is 1. The van der Waals surface area contributed by atoms with Crippen LogP contribution in [0.15, 0.2) is 24.3 Å². The van der Waals surface area contributed by atoms with E-state index >= 15 is 0 Å².